The summed E-state index contributed by atoms with van der Waals surface area (Å²) in [5.74, 6) is 0.0570. The number of likely N-dealkylation sites (tertiary alicyclic amines) is 1. The summed E-state index contributed by atoms with van der Waals surface area (Å²) >= 11 is 0. The molecule has 1 aromatic carbocycles. The molecule has 0 aliphatic carbocycles. The van der Waals surface area contributed by atoms with Crippen LogP contribution in [0.15, 0.2) is 30.3 Å². The van der Waals surface area contributed by atoms with E-state index in [0.29, 0.717) is 19.5 Å². The van der Waals surface area contributed by atoms with Crippen LogP contribution in [0.4, 0.5) is 0 Å². The van der Waals surface area contributed by atoms with Crippen molar-refractivity contribution in [3.8, 4) is 0 Å². The first kappa shape index (κ1) is 13.1. The molecule has 1 aliphatic heterocycles. The summed E-state index contributed by atoms with van der Waals surface area (Å²) in [6.07, 6.45) is 1.46. The molecule has 0 saturated carbocycles. The molecule has 1 saturated heterocycles. The molecule has 18 heavy (non-hydrogen) atoms. The number of hydrogen-bond donors (Lipinski definition) is 1. The van der Waals surface area contributed by atoms with E-state index in [9.17, 15) is 9.90 Å². The Morgan fingerprint density at radius 3 is 2.61 bits per heavy atom. The Bertz CT molecular complexity index is 414. The second kappa shape index (κ2) is 5.11. The molecule has 1 aromatic rings. The van der Waals surface area contributed by atoms with Gasteiger partial charge in [0.1, 0.15) is 0 Å². The quantitative estimate of drug-likeness (QED) is 0.889. The van der Waals surface area contributed by atoms with Crippen LogP contribution >= 0.6 is 0 Å². The van der Waals surface area contributed by atoms with Crippen LogP contribution in [0.3, 0.4) is 0 Å². The topological polar surface area (TPSA) is 40.5 Å². The molecule has 0 aromatic heterocycles. The van der Waals surface area contributed by atoms with Crippen molar-refractivity contribution in [2.24, 2.45) is 0 Å². The molecule has 1 aliphatic rings. The van der Waals surface area contributed by atoms with Gasteiger partial charge >= 0.3 is 0 Å². The van der Waals surface area contributed by atoms with Gasteiger partial charge < -0.3 is 10.0 Å². The second-order valence-electron chi connectivity index (χ2n) is 5.38. The Morgan fingerprint density at radius 2 is 2.11 bits per heavy atom. The zero-order chi connectivity index (χ0) is 13.2. The first-order chi connectivity index (χ1) is 8.53. The Hall–Kier alpha value is -1.35. The molecule has 3 nitrogen and oxygen atoms in total. The van der Waals surface area contributed by atoms with Crippen LogP contribution in [0.25, 0.3) is 0 Å². The molecule has 2 rings (SSSR count). The van der Waals surface area contributed by atoms with Crippen molar-refractivity contribution in [2.45, 2.75) is 38.2 Å². The maximum Gasteiger partial charge on any atom is 0.230 e. The van der Waals surface area contributed by atoms with Crippen molar-refractivity contribution in [1.82, 2.24) is 4.90 Å². The molecule has 2 atom stereocenters. The van der Waals surface area contributed by atoms with Gasteiger partial charge in [-0.25, -0.2) is 0 Å². The van der Waals surface area contributed by atoms with E-state index in [0.717, 1.165) is 12.0 Å². The van der Waals surface area contributed by atoms with E-state index in [-0.39, 0.29) is 11.8 Å². The highest BCUT2D eigenvalue weighted by atomic mass is 16.3. The molecular formula is C15H21NO2. The summed E-state index contributed by atoms with van der Waals surface area (Å²) in [6.45, 7) is 4.94. The first-order valence-corrected chi connectivity index (χ1v) is 6.59. The highest BCUT2D eigenvalue weighted by molar-refractivity contribution is 5.84. The van der Waals surface area contributed by atoms with E-state index in [4.69, 9.17) is 0 Å². The smallest absolute Gasteiger partial charge is 0.230 e. The van der Waals surface area contributed by atoms with Gasteiger partial charge in [0, 0.05) is 13.1 Å². The van der Waals surface area contributed by atoms with Crippen molar-refractivity contribution < 1.29 is 9.90 Å². The van der Waals surface area contributed by atoms with Crippen LogP contribution in [0.2, 0.25) is 0 Å². The molecule has 0 spiro atoms. The largest absolute Gasteiger partial charge is 0.388 e. The van der Waals surface area contributed by atoms with Crippen LogP contribution in [-0.2, 0) is 4.79 Å². The van der Waals surface area contributed by atoms with Crippen LogP contribution in [0.5, 0.6) is 0 Å². The molecule has 3 heteroatoms. The molecular weight excluding hydrogens is 226 g/mol. The molecule has 98 valence electrons. The number of hydrogen-bond acceptors (Lipinski definition) is 2. The van der Waals surface area contributed by atoms with Gasteiger partial charge in [-0.2, -0.15) is 0 Å². The predicted molar refractivity (Wildman–Crippen MR) is 71.3 cm³/mol. The molecule has 0 radical (unpaired) electrons. The lowest BCUT2D eigenvalue weighted by molar-refractivity contribution is -0.132. The molecule has 2 unspecified atom stereocenters. The number of amides is 1. The van der Waals surface area contributed by atoms with E-state index in [1.165, 1.54) is 0 Å². The number of carbonyl (C=O) groups excluding carboxylic acids is 1. The van der Waals surface area contributed by atoms with Crippen molar-refractivity contribution in [1.29, 1.82) is 0 Å². The lowest BCUT2D eigenvalue weighted by atomic mass is 9.95. The van der Waals surface area contributed by atoms with Gasteiger partial charge in [-0.05, 0) is 25.3 Å². The molecule has 1 fully saturated rings. The van der Waals surface area contributed by atoms with Crippen molar-refractivity contribution in [2.75, 3.05) is 13.1 Å². The fourth-order valence-corrected chi connectivity index (χ4v) is 2.59. The first-order valence-electron chi connectivity index (χ1n) is 6.59. The van der Waals surface area contributed by atoms with E-state index < -0.39 is 5.60 Å². The van der Waals surface area contributed by atoms with Gasteiger partial charge in [-0.3, -0.25) is 4.79 Å². The summed E-state index contributed by atoms with van der Waals surface area (Å²) in [5, 5.41) is 9.94. The van der Waals surface area contributed by atoms with Crippen LogP contribution in [0.1, 0.15) is 38.2 Å². The fraction of sp³-hybridized carbons (Fsp3) is 0.533. The molecule has 0 bridgehead atoms. The summed E-state index contributed by atoms with van der Waals surface area (Å²) in [7, 11) is 0. The van der Waals surface area contributed by atoms with E-state index in [2.05, 4.69) is 0 Å². The number of nitrogens with zero attached hydrogens (tertiary/aromatic N) is 1. The summed E-state index contributed by atoms with van der Waals surface area (Å²) < 4.78 is 0. The minimum Gasteiger partial charge on any atom is -0.388 e. The number of rotatable bonds is 3. The van der Waals surface area contributed by atoms with Crippen LogP contribution in [-0.4, -0.2) is 34.6 Å². The fourth-order valence-electron chi connectivity index (χ4n) is 2.59. The van der Waals surface area contributed by atoms with E-state index in [1.54, 1.807) is 11.8 Å². The van der Waals surface area contributed by atoms with Crippen LogP contribution < -0.4 is 0 Å². The second-order valence-corrected chi connectivity index (χ2v) is 5.38. The Kier molecular flexibility index (Phi) is 3.71. The Morgan fingerprint density at radius 1 is 1.44 bits per heavy atom. The monoisotopic (exact) mass is 247 g/mol. The van der Waals surface area contributed by atoms with Crippen molar-refractivity contribution >= 4 is 5.91 Å². The minimum atomic E-state index is -0.718. The summed E-state index contributed by atoms with van der Waals surface area (Å²) in [4.78, 5) is 14.3. The van der Waals surface area contributed by atoms with E-state index >= 15 is 0 Å². The minimum absolute atomic E-state index is 0.0832. The third-order valence-electron chi connectivity index (χ3n) is 3.67. The predicted octanol–water partition coefficient (Wildman–Crippen LogP) is 2.16. The number of β-amino-alcohol motifs (C(OH)–C–C–N with tert-alkyl or cyclic N) is 1. The zero-order valence-electron chi connectivity index (χ0n) is 11.1. The van der Waals surface area contributed by atoms with Gasteiger partial charge in [0.15, 0.2) is 0 Å². The van der Waals surface area contributed by atoms with Gasteiger partial charge in [-0.15, -0.1) is 0 Å². The lowest BCUT2D eigenvalue weighted by Gasteiger charge is -2.24. The number of aliphatic hydroxyl groups is 1. The number of benzene rings is 1. The standard InChI is InChI=1S/C15H21NO2/c1-3-13(12-7-5-4-6-8-12)14(17)16-10-9-15(2,18)11-16/h4-8,13,18H,3,9-11H2,1-2H3. The van der Waals surface area contributed by atoms with Gasteiger partial charge in [0.25, 0.3) is 0 Å². The molecule has 1 N–H and O–H groups in total. The van der Waals surface area contributed by atoms with E-state index in [1.807, 2.05) is 37.3 Å². The average Bonchev–Trinajstić information content (AvgIpc) is 2.72. The lowest BCUT2D eigenvalue weighted by Crippen LogP contribution is -2.36. The maximum atomic E-state index is 12.5. The number of carbonyl (C=O) groups is 1. The normalized spacial score (nSPS) is 25.2. The van der Waals surface area contributed by atoms with Crippen molar-refractivity contribution in [3.05, 3.63) is 35.9 Å². The Balaban J connectivity index is 2.12. The SMILES string of the molecule is CCC(C(=O)N1CCC(C)(O)C1)c1ccccc1. The van der Waals surface area contributed by atoms with Crippen molar-refractivity contribution in [3.63, 3.8) is 0 Å². The third-order valence-corrected chi connectivity index (χ3v) is 3.67. The van der Waals surface area contributed by atoms with Gasteiger partial charge in [0.2, 0.25) is 5.91 Å². The summed E-state index contributed by atoms with van der Waals surface area (Å²) in [5.41, 5.74) is 0.349. The third kappa shape index (κ3) is 2.72. The molecule has 1 heterocycles. The highest BCUT2D eigenvalue weighted by Gasteiger charge is 2.36. The highest BCUT2D eigenvalue weighted by Crippen LogP contribution is 2.27. The van der Waals surface area contributed by atoms with Gasteiger partial charge in [0.05, 0.1) is 11.5 Å². The average molecular weight is 247 g/mol. The summed E-state index contributed by atoms with van der Waals surface area (Å²) in [6, 6.07) is 9.89. The Labute approximate surface area is 108 Å². The maximum absolute atomic E-state index is 12.5. The van der Waals surface area contributed by atoms with Gasteiger partial charge in [-0.1, -0.05) is 37.3 Å². The van der Waals surface area contributed by atoms with Crippen LogP contribution in [0, 0.1) is 0 Å². The molecule has 1 amide bonds. The zero-order valence-corrected chi connectivity index (χ0v) is 11.1.